The van der Waals surface area contributed by atoms with E-state index < -0.39 is 12.0 Å². The van der Waals surface area contributed by atoms with Gasteiger partial charge in [0.2, 0.25) is 0 Å². The highest BCUT2D eigenvalue weighted by Crippen LogP contribution is 2.39. The minimum Gasteiger partial charge on any atom is -0.464 e. The van der Waals surface area contributed by atoms with Crippen LogP contribution in [-0.2, 0) is 14.3 Å². The van der Waals surface area contributed by atoms with Crippen LogP contribution in [0.2, 0.25) is 20.1 Å². The van der Waals surface area contributed by atoms with Crippen LogP contribution in [0.25, 0.3) is 0 Å². The number of hydrogen-bond donors (Lipinski definition) is 1. The van der Waals surface area contributed by atoms with E-state index in [1.165, 1.54) is 6.07 Å². The Balaban J connectivity index is 2.71. The van der Waals surface area contributed by atoms with Gasteiger partial charge in [-0.05, 0) is 13.0 Å². The first kappa shape index (κ1) is 17.8. The van der Waals surface area contributed by atoms with Gasteiger partial charge in [-0.15, -0.1) is 0 Å². The van der Waals surface area contributed by atoms with Gasteiger partial charge in [0.25, 0.3) is 0 Å². The minimum absolute atomic E-state index is 0.0379. The molecule has 20 heavy (non-hydrogen) atoms. The largest absolute Gasteiger partial charge is 0.464 e. The van der Waals surface area contributed by atoms with Crippen LogP contribution in [0.4, 0.5) is 0 Å². The van der Waals surface area contributed by atoms with Crippen molar-refractivity contribution in [3.8, 4) is 0 Å². The molecule has 1 rings (SSSR count). The summed E-state index contributed by atoms with van der Waals surface area (Å²) in [6.45, 7) is 1.84. The molecule has 0 amide bonds. The van der Waals surface area contributed by atoms with Gasteiger partial charge in [0.1, 0.15) is 6.61 Å². The van der Waals surface area contributed by atoms with Gasteiger partial charge in [0, 0.05) is 10.6 Å². The summed E-state index contributed by atoms with van der Waals surface area (Å²) >= 11 is 23.9. The zero-order valence-electron chi connectivity index (χ0n) is 10.6. The first-order chi connectivity index (χ1) is 9.38. The van der Waals surface area contributed by atoms with Crippen molar-refractivity contribution in [1.29, 1.82) is 0 Å². The molecule has 1 atom stereocenters. The average Bonchev–Trinajstić information content (AvgIpc) is 2.36. The highest BCUT2D eigenvalue weighted by atomic mass is 35.5. The standard InChI is InChI=1S/C12H13Cl4NO3/c1-2-20-9(18)5-19-4-8(17)10-6(13)3-7(14)11(15)12(10)16/h3,8H,2,4-5,17H2,1H3. The SMILES string of the molecule is CCOC(=O)COCC(N)c1c(Cl)cc(Cl)c(Cl)c1Cl. The Hall–Kier alpha value is -0.230. The predicted octanol–water partition coefficient (Wildman–Crippen LogP) is 3.88. The molecule has 0 radical (unpaired) electrons. The van der Waals surface area contributed by atoms with Gasteiger partial charge < -0.3 is 15.2 Å². The summed E-state index contributed by atoms with van der Waals surface area (Å²) in [4.78, 5) is 11.1. The first-order valence-corrected chi connectivity index (χ1v) is 7.21. The van der Waals surface area contributed by atoms with Gasteiger partial charge in [0.05, 0.1) is 34.3 Å². The summed E-state index contributed by atoms with van der Waals surface area (Å²) in [5.41, 5.74) is 6.35. The number of benzene rings is 1. The van der Waals surface area contributed by atoms with E-state index in [4.69, 9.17) is 61.6 Å². The fourth-order valence-corrected chi connectivity index (χ4v) is 2.68. The topological polar surface area (TPSA) is 61.5 Å². The molecule has 0 fully saturated rings. The number of hydrogen-bond acceptors (Lipinski definition) is 4. The molecule has 2 N–H and O–H groups in total. The van der Waals surface area contributed by atoms with Crippen molar-refractivity contribution >= 4 is 52.4 Å². The lowest BCUT2D eigenvalue weighted by atomic mass is 10.1. The summed E-state index contributed by atoms with van der Waals surface area (Å²) < 4.78 is 9.87. The summed E-state index contributed by atoms with van der Waals surface area (Å²) in [5.74, 6) is -0.467. The summed E-state index contributed by atoms with van der Waals surface area (Å²) in [5, 5.41) is 0.881. The van der Waals surface area contributed by atoms with Gasteiger partial charge in [-0.1, -0.05) is 46.4 Å². The lowest BCUT2D eigenvalue weighted by Crippen LogP contribution is -2.21. The molecule has 0 saturated heterocycles. The predicted molar refractivity (Wildman–Crippen MR) is 80.9 cm³/mol. The Bertz CT molecular complexity index is 496. The summed E-state index contributed by atoms with van der Waals surface area (Å²) in [6, 6.07) is 0.817. The lowest BCUT2D eigenvalue weighted by molar-refractivity contribution is -0.148. The molecule has 0 saturated carbocycles. The number of halogens is 4. The summed E-state index contributed by atoms with van der Waals surface area (Å²) in [7, 11) is 0. The Morgan fingerprint density at radius 3 is 2.50 bits per heavy atom. The molecule has 0 heterocycles. The maximum Gasteiger partial charge on any atom is 0.332 e. The molecular formula is C12H13Cl4NO3. The van der Waals surface area contributed by atoms with Crippen molar-refractivity contribution in [3.63, 3.8) is 0 Å². The van der Waals surface area contributed by atoms with E-state index in [0.29, 0.717) is 12.2 Å². The second-order valence-electron chi connectivity index (χ2n) is 3.81. The Morgan fingerprint density at radius 1 is 1.25 bits per heavy atom. The van der Waals surface area contributed by atoms with Gasteiger partial charge >= 0.3 is 5.97 Å². The monoisotopic (exact) mass is 359 g/mol. The molecule has 112 valence electrons. The molecule has 1 aromatic carbocycles. The number of carbonyl (C=O) groups is 1. The number of carbonyl (C=O) groups excluding carboxylic acids is 1. The molecule has 1 aromatic rings. The number of ether oxygens (including phenoxy) is 2. The van der Waals surface area contributed by atoms with Gasteiger partial charge in [-0.2, -0.15) is 0 Å². The Kier molecular flexibility index (Phi) is 7.37. The average molecular weight is 361 g/mol. The van der Waals surface area contributed by atoms with E-state index >= 15 is 0 Å². The third-order valence-electron chi connectivity index (χ3n) is 2.34. The van der Waals surface area contributed by atoms with E-state index in [1.54, 1.807) is 6.92 Å². The van der Waals surface area contributed by atoms with E-state index in [1.807, 2.05) is 0 Å². The Labute approximate surface area is 137 Å². The normalized spacial score (nSPS) is 12.3. The van der Waals surface area contributed by atoms with Crippen molar-refractivity contribution in [3.05, 3.63) is 31.7 Å². The third-order valence-corrected chi connectivity index (χ3v) is 3.93. The van der Waals surface area contributed by atoms with Crippen LogP contribution in [-0.4, -0.2) is 25.8 Å². The maximum absolute atomic E-state index is 11.1. The van der Waals surface area contributed by atoms with E-state index in [0.717, 1.165) is 0 Å². The van der Waals surface area contributed by atoms with Crippen LogP contribution in [0, 0.1) is 0 Å². The minimum atomic E-state index is -0.640. The van der Waals surface area contributed by atoms with Crippen molar-refractivity contribution < 1.29 is 14.3 Å². The lowest BCUT2D eigenvalue weighted by Gasteiger charge is -2.17. The van der Waals surface area contributed by atoms with Crippen LogP contribution in [0.3, 0.4) is 0 Å². The van der Waals surface area contributed by atoms with Crippen molar-refractivity contribution in [1.82, 2.24) is 0 Å². The smallest absolute Gasteiger partial charge is 0.332 e. The van der Waals surface area contributed by atoms with E-state index in [9.17, 15) is 4.79 Å². The zero-order chi connectivity index (χ0) is 15.3. The second-order valence-corrected chi connectivity index (χ2v) is 5.38. The number of rotatable bonds is 6. The number of nitrogens with two attached hydrogens (primary N) is 1. The van der Waals surface area contributed by atoms with Crippen molar-refractivity contribution in [2.45, 2.75) is 13.0 Å². The van der Waals surface area contributed by atoms with E-state index in [2.05, 4.69) is 0 Å². The van der Waals surface area contributed by atoms with Crippen LogP contribution in [0.15, 0.2) is 6.07 Å². The first-order valence-electron chi connectivity index (χ1n) is 5.70. The fraction of sp³-hybridized carbons (Fsp3) is 0.417. The van der Waals surface area contributed by atoms with Crippen LogP contribution < -0.4 is 5.73 Å². The highest BCUT2D eigenvalue weighted by Gasteiger charge is 2.19. The van der Waals surface area contributed by atoms with Crippen molar-refractivity contribution in [2.24, 2.45) is 5.73 Å². The zero-order valence-corrected chi connectivity index (χ0v) is 13.6. The van der Waals surface area contributed by atoms with Crippen LogP contribution >= 0.6 is 46.4 Å². The fourth-order valence-electron chi connectivity index (χ4n) is 1.48. The summed E-state index contributed by atoms with van der Waals surface area (Å²) in [6.07, 6.45) is 0. The molecule has 4 nitrogen and oxygen atoms in total. The highest BCUT2D eigenvalue weighted by molar-refractivity contribution is 6.49. The van der Waals surface area contributed by atoms with Gasteiger partial charge in [0.15, 0.2) is 0 Å². The van der Waals surface area contributed by atoms with Gasteiger partial charge in [-0.3, -0.25) is 0 Å². The van der Waals surface area contributed by atoms with Crippen LogP contribution in [0.5, 0.6) is 0 Å². The van der Waals surface area contributed by atoms with Crippen molar-refractivity contribution in [2.75, 3.05) is 19.8 Å². The Morgan fingerprint density at radius 2 is 1.90 bits per heavy atom. The molecule has 0 spiro atoms. The number of esters is 1. The molecule has 0 aliphatic carbocycles. The molecule has 0 bridgehead atoms. The molecule has 0 aliphatic heterocycles. The molecule has 1 unspecified atom stereocenters. The van der Waals surface area contributed by atoms with E-state index in [-0.39, 0.29) is 33.3 Å². The maximum atomic E-state index is 11.1. The second kappa shape index (κ2) is 8.27. The molecular weight excluding hydrogens is 348 g/mol. The third kappa shape index (κ3) is 4.65. The molecule has 0 aromatic heterocycles. The quantitative estimate of drug-likeness (QED) is 0.475. The molecule has 0 aliphatic rings. The van der Waals surface area contributed by atoms with Gasteiger partial charge in [-0.25, -0.2) is 4.79 Å². The van der Waals surface area contributed by atoms with Crippen LogP contribution in [0.1, 0.15) is 18.5 Å². The molecule has 8 heteroatoms.